The number of phenolic OH excluding ortho intramolecular Hbond substituents is 1. The number of aromatic carboxylic acids is 1. The van der Waals surface area contributed by atoms with E-state index in [1.54, 1.807) is 6.08 Å². The molecular formula is C22H21NO6. The molecule has 2 aromatic rings. The van der Waals surface area contributed by atoms with Gasteiger partial charge in [-0.1, -0.05) is 30.3 Å². The van der Waals surface area contributed by atoms with Crippen LogP contribution in [-0.2, 0) is 9.59 Å². The third-order valence-electron chi connectivity index (χ3n) is 5.00. The van der Waals surface area contributed by atoms with Gasteiger partial charge in [-0.25, -0.2) is 4.79 Å². The normalized spacial score (nSPS) is 16.2. The number of ketones is 1. The van der Waals surface area contributed by atoms with Crippen molar-refractivity contribution in [2.45, 2.75) is 25.7 Å². The van der Waals surface area contributed by atoms with Crippen LogP contribution in [0, 0.1) is 5.92 Å². The third kappa shape index (κ3) is 4.63. The Kier molecular flexibility index (Phi) is 5.97. The van der Waals surface area contributed by atoms with Gasteiger partial charge in [-0.3, -0.25) is 9.59 Å². The molecule has 0 aromatic heterocycles. The number of carboxylic acids is 1. The Bertz CT molecular complexity index is 980. The average Bonchev–Trinajstić information content (AvgIpc) is 2.70. The molecule has 0 saturated carbocycles. The molecule has 1 aliphatic carbocycles. The smallest absolute Gasteiger partial charge is 0.339 e. The summed E-state index contributed by atoms with van der Waals surface area (Å²) in [5.41, 5.74) is 1.22. The number of anilines is 1. The maximum absolute atomic E-state index is 12.4. The van der Waals surface area contributed by atoms with Gasteiger partial charge in [0.1, 0.15) is 17.0 Å². The molecule has 7 nitrogen and oxygen atoms in total. The molecule has 4 N–H and O–H groups in total. The van der Waals surface area contributed by atoms with Crippen molar-refractivity contribution in [3.63, 3.8) is 0 Å². The Morgan fingerprint density at radius 2 is 1.79 bits per heavy atom. The quantitative estimate of drug-likeness (QED) is 0.554. The third-order valence-corrected chi connectivity index (χ3v) is 5.00. The summed E-state index contributed by atoms with van der Waals surface area (Å²) in [6.45, 7) is 0. The highest BCUT2D eigenvalue weighted by Crippen LogP contribution is 2.36. The fraction of sp³-hybridized carbons (Fsp3) is 0.227. The van der Waals surface area contributed by atoms with E-state index >= 15 is 0 Å². The molecule has 0 fully saturated rings. The standard InChI is InChI=1S/C22H21NO6/c24-17-10-9-16(22(28)29)21(27)20(17)23-19(26)11-8-14-6-7-15(12-18(14)25)13-4-2-1-3-5-13/h1-5,9-10,12,14,24,27H,6-8,11H2,(H,23,26)(H,28,29). The largest absolute Gasteiger partial charge is 0.506 e. The van der Waals surface area contributed by atoms with Gasteiger partial charge in [0.15, 0.2) is 11.5 Å². The van der Waals surface area contributed by atoms with Crippen molar-refractivity contribution in [3.05, 3.63) is 59.7 Å². The van der Waals surface area contributed by atoms with Gasteiger partial charge in [-0.15, -0.1) is 0 Å². The minimum atomic E-state index is -1.38. The molecule has 2 aromatic carbocycles. The fourth-order valence-corrected chi connectivity index (χ4v) is 3.38. The van der Waals surface area contributed by atoms with E-state index in [1.165, 1.54) is 0 Å². The maximum Gasteiger partial charge on any atom is 0.339 e. The second-order valence-corrected chi connectivity index (χ2v) is 6.92. The van der Waals surface area contributed by atoms with Crippen molar-refractivity contribution in [3.8, 4) is 11.5 Å². The highest BCUT2D eigenvalue weighted by Gasteiger charge is 2.24. The number of rotatable bonds is 6. The predicted molar refractivity (Wildman–Crippen MR) is 107 cm³/mol. The summed E-state index contributed by atoms with van der Waals surface area (Å²) in [7, 11) is 0. The van der Waals surface area contributed by atoms with Crippen LogP contribution in [0.5, 0.6) is 11.5 Å². The Morgan fingerprint density at radius 3 is 2.45 bits per heavy atom. The zero-order valence-electron chi connectivity index (χ0n) is 15.6. The summed E-state index contributed by atoms with van der Waals surface area (Å²) in [4.78, 5) is 35.7. The highest BCUT2D eigenvalue weighted by molar-refractivity contribution is 6.01. The van der Waals surface area contributed by atoms with E-state index in [4.69, 9.17) is 5.11 Å². The van der Waals surface area contributed by atoms with Crippen LogP contribution < -0.4 is 5.32 Å². The van der Waals surface area contributed by atoms with Gasteiger partial charge in [-0.05, 0) is 48.6 Å². The van der Waals surface area contributed by atoms with Crippen LogP contribution in [0.1, 0.15) is 41.6 Å². The lowest BCUT2D eigenvalue weighted by atomic mass is 9.83. The molecular weight excluding hydrogens is 374 g/mol. The Labute approximate surface area is 167 Å². The molecule has 1 aliphatic rings. The second kappa shape index (κ2) is 8.60. The van der Waals surface area contributed by atoms with Crippen LogP contribution in [0.25, 0.3) is 5.57 Å². The number of allylic oxidation sites excluding steroid dienone is 2. The van der Waals surface area contributed by atoms with E-state index in [0.717, 1.165) is 29.7 Å². The summed E-state index contributed by atoms with van der Waals surface area (Å²) in [6, 6.07) is 11.8. The minimum Gasteiger partial charge on any atom is -0.506 e. The van der Waals surface area contributed by atoms with Gasteiger partial charge in [-0.2, -0.15) is 0 Å². The average molecular weight is 395 g/mol. The molecule has 0 saturated heterocycles. The van der Waals surface area contributed by atoms with Crippen LogP contribution in [0.15, 0.2) is 48.5 Å². The number of aromatic hydroxyl groups is 2. The molecule has 1 amide bonds. The lowest BCUT2D eigenvalue weighted by molar-refractivity contribution is -0.119. The topological polar surface area (TPSA) is 124 Å². The number of carbonyl (C=O) groups is 3. The molecule has 3 rings (SSSR count). The van der Waals surface area contributed by atoms with E-state index in [2.05, 4.69) is 5.32 Å². The Balaban J connectivity index is 1.61. The molecule has 7 heteroatoms. The molecule has 150 valence electrons. The molecule has 0 spiro atoms. The first kappa shape index (κ1) is 20.1. The van der Waals surface area contributed by atoms with E-state index in [-0.39, 0.29) is 23.8 Å². The minimum absolute atomic E-state index is 0.00109. The van der Waals surface area contributed by atoms with Crippen molar-refractivity contribution in [2.75, 3.05) is 5.32 Å². The molecule has 1 atom stereocenters. The summed E-state index contributed by atoms with van der Waals surface area (Å²) in [5.74, 6) is -3.36. The molecule has 0 aliphatic heterocycles. The lowest BCUT2D eigenvalue weighted by Crippen LogP contribution is -2.20. The van der Waals surface area contributed by atoms with Crippen molar-refractivity contribution in [1.29, 1.82) is 0 Å². The highest BCUT2D eigenvalue weighted by atomic mass is 16.4. The van der Waals surface area contributed by atoms with Crippen molar-refractivity contribution < 1.29 is 29.7 Å². The van der Waals surface area contributed by atoms with Crippen LogP contribution in [0.3, 0.4) is 0 Å². The molecule has 1 unspecified atom stereocenters. The van der Waals surface area contributed by atoms with Gasteiger partial charge in [0, 0.05) is 12.3 Å². The summed E-state index contributed by atoms with van der Waals surface area (Å²) >= 11 is 0. The van der Waals surface area contributed by atoms with Crippen LogP contribution in [-0.4, -0.2) is 33.0 Å². The number of phenols is 2. The van der Waals surface area contributed by atoms with Gasteiger partial charge in [0.05, 0.1) is 0 Å². The van der Waals surface area contributed by atoms with Crippen molar-refractivity contribution in [2.24, 2.45) is 5.92 Å². The van der Waals surface area contributed by atoms with Crippen molar-refractivity contribution >= 4 is 28.9 Å². The summed E-state index contributed by atoms with van der Waals surface area (Å²) in [6.07, 6.45) is 3.34. The Morgan fingerprint density at radius 1 is 1.07 bits per heavy atom. The second-order valence-electron chi connectivity index (χ2n) is 6.92. The molecule has 29 heavy (non-hydrogen) atoms. The summed E-state index contributed by atoms with van der Waals surface area (Å²) < 4.78 is 0. The number of hydrogen-bond donors (Lipinski definition) is 4. The van der Waals surface area contributed by atoms with E-state index in [0.29, 0.717) is 12.8 Å². The van der Waals surface area contributed by atoms with E-state index in [1.807, 2.05) is 30.3 Å². The zero-order chi connectivity index (χ0) is 21.0. The fourth-order valence-electron chi connectivity index (χ4n) is 3.38. The number of carboxylic acid groups (broad SMARTS) is 1. The molecule has 0 radical (unpaired) electrons. The SMILES string of the molecule is O=C(CCC1CCC(c2ccccc2)=CC1=O)Nc1c(O)ccc(C(=O)O)c1O. The van der Waals surface area contributed by atoms with Crippen LogP contribution >= 0.6 is 0 Å². The van der Waals surface area contributed by atoms with Crippen LogP contribution in [0.4, 0.5) is 5.69 Å². The van der Waals surface area contributed by atoms with E-state index < -0.39 is 28.9 Å². The van der Waals surface area contributed by atoms with Gasteiger partial charge in [0.25, 0.3) is 0 Å². The number of hydrogen-bond acceptors (Lipinski definition) is 5. The number of carbonyl (C=O) groups excluding carboxylic acids is 2. The lowest BCUT2D eigenvalue weighted by Gasteiger charge is -2.21. The number of amides is 1. The van der Waals surface area contributed by atoms with Crippen LogP contribution in [0.2, 0.25) is 0 Å². The van der Waals surface area contributed by atoms with Gasteiger partial charge >= 0.3 is 5.97 Å². The number of nitrogens with one attached hydrogen (secondary N) is 1. The monoisotopic (exact) mass is 395 g/mol. The number of benzene rings is 2. The van der Waals surface area contributed by atoms with E-state index in [9.17, 15) is 24.6 Å². The molecule has 0 bridgehead atoms. The molecule has 0 heterocycles. The Hall–Kier alpha value is -3.61. The maximum atomic E-state index is 12.4. The van der Waals surface area contributed by atoms with Gasteiger partial charge < -0.3 is 20.6 Å². The zero-order valence-corrected chi connectivity index (χ0v) is 15.6. The van der Waals surface area contributed by atoms with Gasteiger partial charge in [0.2, 0.25) is 5.91 Å². The van der Waals surface area contributed by atoms with Crippen molar-refractivity contribution in [1.82, 2.24) is 0 Å². The predicted octanol–water partition coefficient (Wildman–Crippen LogP) is 3.58. The summed E-state index contributed by atoms with van der Waals surface area (Å²) in [5, 5.41) is 31.1. The first-order chi connectivity index (χ1) is 13.9. The first-order valence-corrected chi connectivity index (χ1v) is 9.24. The first-order valence-electron chi connectivity index (χ1n) is 9.24.